The van der Waals surface area contributed by atoms with Gasteiger partial charge in [0.15, 0.2) is 0 Å². The zero-order valence-electron chi connectivity index (χ0n) is 23.3. The van der Waals surface area contributed by atoms with E-state index in [0.29, 0.717) is 49.8 Å². The molecule has 11 heteroatoms. The van der Waals surface area contributed by atoms with Crippen LogP contribution in [0.25, 0.3) is 0 Å². The van der Waals surface area contributed by atoms with Gasteiger partial charge in [0.05, 0.1) is 22.8 Å². The van der Waals surface area contributed by atoms with E-state index in [1.54, 1.807) is 30.0 Å². The number of hydrogen-bond donors (Lipinski definition) is 3. The van der Waals surface area contributed by atoms with Crippen molar-refractivity contribution < 1.29 is 23.1 Å². The number of amidine groups is 1. The molecule has 0 unspecified atom stereocenters. The summed E-state index contributed by atoms with van der Waals surface area (Å²) in [6.07, 6.45) is 5.21. The highest BCUT2D eigenvalue weighted by atomic mass is 35.5. The zero-order valence-corrected chi connectivity index (χ0v) is 24.8. The van der Waals surface area contributed by atoms with Crippen LogP contribution in [-0.4, -0.2) is 52.6 Å². The monoisotopic (exact) mass is 618 g/mol. The normalized spacial score (nSPS) is 25.7. The quantitative estimate of drug-likeness (QED) is 0.193. The summed E-state index contributed by atoms with van der Waals surface area (Å²) < 4.78 is 39.3. The third-order valence-electron chi connectivity index (χ3n) is 8.01. The highest BCUT2D eigenvalue weighted by Crippen LogP contribution is 2.45. The highest BCUT2D eigenvalue weighted by molar-refractivity contribution is 8.06. The van der Waals surface area contributed by atoms with Crippen molar-refractivity contribution in [3.05, 3.63) is 80.0 Å². The van der Waals surface area contributed by atoms with Crippen molar-refractivity contribution in [1.29, 1.82) is 5.41 Å². The molecule has 0 bridgehead atoms. The van der Waals surface area contributed by atoms with Gasteiger partial charge in [0.25, 0.3) is 0 Å². The number of alkyl halides is 2. The topological polar surface area (TPSA) is 88.8 Å². The van der Waals surface area contributed by atoms with Crippen molar-refractivity contribution in [2.45, 2.75) is 76.5 Å². The maximum Gasteiger partial charge on any atom is 0.238 e. The van der Waals surface area contributed by atoms with E-state index in [9.17, 15) is 23.1 Å². The largest absolute Gasteiger partial charge is 0.393 e. The lowest BCUT2D eigenvalue weighted by Crippen LogP contribution is -2.46. The molecule has 224 valence electrons. The Morgan fingerprint density at radius 3 is 2.83 bits per heavy atom. The number of thioether (sulfide) groups is 1. The standard InChI is InChI=1S/C31H34ClF3N4O2S/c1-17-6-5-11-42-29(17)30-38-28(22-10-9-19(33)14-23(22)32)27(24(36)7-3-2-4-8-26(34)35)25-15-20(16-39(25)30)37-31(41)18-12-21(40)13-18/h3,5,7,9-11,14,18,20-21,26,28,36,40H,2,4,6,8,12-13,15-16H2,1H3,(H,37,41)/b7-3-,36-24?/t18?,20-,21?,28-/m0/s1. The molecule has 0 spiro atoms. The van der Waals surface area contributed by atoms with Gasteiger partial charge in [-0.05, 0) is 62.6 Å². The number of halogens is 4. The molecule has 3 aliphatic heterocycles. The van der Waals surface area contributed by atoms with E-state index in [4.69, 9.17) is 22.0 Å². The Balaban J connectivity index is 1.54. The molecule has 1 aromatic rings. The number of nitrogens with one attached hydrogen (secondary N) is 2. The minimum absolute atomic E-state index is 0.0942. The molecule has 1 saturated carbocycles. The molecule has 42 heavy (non-hydrogen) atoms. The molecular weight excluding hydrogens is 585 g/mol. The number of amides is 1. The Hall–Kier alpha value is -2.82. The van der Waals surface area contributed by atoms with Crippen LogP contribution < -0.4 is 5.32 Å². The first-order chi connectivity index (χ1) is 20.1. The predicted octanol–water partition coefficient (Wildman–Crippen LogP) is 7.08. The Morgan fingerprint density at radius 1 is 1.36 bits per heavy atom. The third kappa shape index (κ3) is 6.71. The van der Waals surface area contributed by atoms with Crippen molar-refractivity contribution in [3.8, 4) is 0 Å². The molecule has 3 N–H and O–H groups in total. The summed E-state index contributed by atoms with van der Waals surface area (Å²) >= 11 is 8.13. The first kappa shape index (κ1) is 30.6. The summed E-state index contributed by atoms with van der Waals surface area (Å²) in [7, 11) is 0. The van der Waals surface area contributed by atoms with Crippen LogP contribution in [0.5, 0.6) is 0 Å². The lowest BCUT2D eigenvalue weighted by molar-refractivity contribution is -0.132. The first-order valence-electron chi connectivity index (χ1n) is 14.2. The van der Waals surface area contributed by atoms with Crippen molar-refractivity contribution in [1.82, 2.24) is 10.2 Å². The van der Waals surface area contributed by atoms with Crippen LogP contribution in [0, 0.1) is 17.1 Å². The molecule has 5 rings (SSSR count). The van der Waals surface area contributed by atoms with Crippen molar-refractivity contribution in [2.75, 3.05) is 6.54 Å². The van der Waals surface area contributed by atoms with Gasteiger partial charge >= 0.3 is 0 Å². The molecule has 2 atom stereocenters. The predicted molar refractivity (Wildman–Crippen MR) is 161 cm³/mol. The number of unbranched alkanes of at least 4 members (excludes halogenated alkanes) is 1. The van der Waals surface area contributed by atoms with Crippen LogP contribution >= 0.6 is 23.4 Å². The summed E-state index contributed by atoms with van der Waals surface area (Å²) in [5.74, 6) is -0.0767. The van der Waals surface area contributed by atoms with Gasteiger partial charge in [-0.3, -0.25) is 9.79 Å². The van der Waals surface area contributed by atoms with Gasteiger partial charge in [-0.15, -0.1) is 0 Å². The van der Waals surface area contributed by atoms with Gasteiger partial charge in [-0.2, -0.15) is 0 Å². The second-order valence-corrected chi connectivity index (χ2v) is 12.5. The summed E-state index contributed by atoms with van der Waals surface area (Å²) in [4.78, 5) is 21.1. The van der Waals surface area contributed by atoms with E-state index >= 15 is 0 Å². The summed E-state index contributed by atoms with van der Waals surface area (Å²) in [5.41, 5.74) is 3.26. The average Bonchev–Trinajstić information content (AvgIpc) is 3.33. The number of allylic oxidation sites excluding steroid dienone is 4. The average molecular weight is 619 g/mol. The van der Waals surface area contributed by atoms with E-state index in [2.05, 4.69) is 23.2 Å². The molecule has 1 aromatic carbocycles. The summed E-state index contributed by atoms with van der Waals surface area (Å²) in [6, 6.07) is 3.19. The number of benzene rings is 1. The lowest BCUT2D eigenvalue weighted by atomic mass is 9.81. The van der Waals surface area contributed by atoms with Gasteiger partial charge < -0.3 is 20.7 Å². The number of aliphatic hydroxyl groups excluding tert-OH is 1. The zero-order chi connectivity index (χ0) is 30.0. The Labute approximate surface area is 253 Å². The number of hydrogen-bond acceptors (Lipinski definition) is 6. The minimum atomic E-state index is -2.37. The number of nitrogens with zero attached hydrogens (tertiary/aromatic N) is 2. The van der Waals surface area contributed by atoms with E-state index in [1.165, 1.54) is 12.1 Å². The molecule has 3 heterocycles. The van der Waals surface area contributed by atoms with E-state index in [0.717, 1.165) is 28.4 Å². The van der Waals surface area contributed by atoms with Gasteiger partial charge in [-0.1, -0.05) is 47.2 Å². The van der Waals surface area contributed by atoms with Gasteiger partial charge in [-0.25, -0.2) is 13.2 Å². The maximum atomic E-state index is 14.1. The SMILES string of the molecule is CC1=C(C2=N[C@@H](c3ccc(F)cc3Cl)C(C(=N)/C=C\CCCC(F)F)=C3C[C@H](NC(=O)C4CC(O)C4)CN23)SC=CC1. The first-order valence-corrected chi connectivity index (χ1v) is 15.4. The molecular formula is C31H34ClF3N4O2S. The molecule has 6 nitrogen and oxygen atoms in total. The fourth-order valence-corrected chi connectivity index (χ4v) is 6.88. The summed E-state index contributed by atoms with van der Waals surface area (Å²) in [6.45, 7) is 2.50. The minimum Gasteiger partial charge on any atom is -0.393 e. The van der Waals surface area contributed by atoms with E-state index in [1.807, 2.05) is 5.41 Å². The molecule has 1 amide bonds. The second-order valence-electron chi connectivity index (χ2n) is 11.2. The van der Waals surface area contributed by atoms with Gasteiger partial charge in [0, 0.05) is 47.2 Å². The van der Waals surface area contributed by atoms with Crippen LogP contribution in [0.1, 0.15) is 63.5 Å². The van der Waals surface area contributed by atoms with Crippen molar-refractivity contribution in [2.24, 2.45) is 10.9 Å². The number of rotatable bonds is 10. The number of carbonyl (C=O) groups is 1. The van der Waals surface area contributed by atoms with Gasteiger partial charge in [0.1, 0.15) is 17.7 Å². The Kier molecular flexibility index (Phi) is 9.64. The number of aliphatic hydroxyl groups is 1. The van der Waals surface area contributed by atoms with Crippen molar-refractivity contribution >= 4 is 40.8 Å². The second kappa shape index (κ2) is 13.2. The highest BCUT2D eigenvalue weighted by Gasteiger charge is 2.42. The Bertz CT molecular complexity index is 1400. The number of fused-ring (bicyclic) bond motifs is 1. The molecule has 1 saturated heterocycles. The smallest absolute Gasteiger partial charge is 0.238 e. The van der Waals surface area contributed by atoms with Crippen LogP contribution in [-0.2, 0) is 4.79 Å². The van der Waals surface area contributed by atoms with Crippen molar-refractivity contribution in [3.63, 3.8) is 0 Å². The number of carbonyl (C=O) groups excluding carboxylic acids is 1. The van der Waals surface area contributed by atoms with Crippen LogP contribution in [0.15, 0.2) is 68.6 Å². The van der Waals surface area contributed by atoms with Crippen LogP contribution in [0.4, 0.5) is 13.2 Å². The fourth-order valence-electron chi connectivity index (χ4n) is 5.73. The molecule has 0 aromatic heterocycles. The van der Waals surface area contributed by atoms with E-state index in [-0.39, 0.29) is 35.0 Å². The fraction of sp³-hybridized carbons (Fsp3) is 0.452. The van der Waals surface area contributed by atoms with Crippen LogP contribution in [0.3, 0.4) is 0 Å². The third-order valence-corrected chi connectivity index (χ3v) is 9.43. The van der Waals surface area contributed by atoms with E-state index < -0.39 is 24.4 Å². The number of aliphatic imine (C=N–C) groups is 1. The molecule has 1 aliphatic carbocycles. The van der Waals surface area contributed by atoms with Gasteiger partial charge in [0.2, 0.25) is 12.3 Å². The molecule has 4 aliphatic rings. The molecule has 0 radical (unpaired) electrons. The Morgan fingerprint density at radius 2 is 2.14 bits per heavy atom. The lowest BCUT2D eigenvalue weighted by Gasteiger charge is -2.35. The maximum absolute atomic E-state index is 14.1. The summed E-state index contributed by atoms with van der Waals surface area (Å²) in [5, 5.41) is 24.1. The molecule has 2 fully saturated rings. The van der Waals surface area contributed by atoms with Crippen LogP contribution in [0.2, 0.25) is 5.02 Å².